The Kier molecular flexibility index (Phi) is 7.75. The quantitative estimate of drug-likeness (QED) is 0.423. The van der Waals surface area contributed by atoms with E-state index < -0.39 is 36.2 Å². The normalized spacial score (nSPS) is 13.1. The summed E-state index contributed by atoms with van der Waals surface area (Å²) < 4.78 is 27.2. The number of hydrogen-bond donors (Lipinski definition) is 3. The van der Waals surface area contributed by atoms with Crippen molar-refractivity contribution in [3.05, 3.63) is 89.3 Å². The van der Waals surface area contributed by atoms with Crippen molar-refractivity contribution in [2.75, 3.05) is 0 Å². The van der Waals surface area contributed by atoms with Crippen molar-refractivity contribution < 1.29 is 28.9 Å². The predicted octanol–water partition coefficient (Wildman–Crippen LogP) is 2.59. The van der Waals surface area contributed by atoms with Gasteiger partial charge in [-0.3, -0.25) is 4.79 Å². The molecule has 0 aliphatic heterocycles. The van der Waals surface area contributed by atoms with E-state index in [1.54, 1.807) is 31.3 Å². The molecule has 172 valence electrons. The molecule has 2 aromatic carbocycles. The monoisotopic (exact) mass is 456 g/mol. The number of carbonyl (C=O) groups is 1. The largest absolute Gasteiger partial charge is 0.481 e. The van der Waals surface area contributed by atoms with Crippen molar-refractivity contribution in [2.45, 2.75) is 25.0 Å². The fourth-order valence-corrected chi connectivity index (χ4v) is 3.22. The molecule has 0 saturated heterocycles. The van der Waals surface area contributed by atoms with E-state index in [4.69, 9.17) is 5.11 Å². The van der Waals surface area contributed by atoms with Gasteiger partial charge >= 0.3 is 5.97 Å². The van der Waals surface area contributed by atoms with Crippen molar-refractivity contribution in [1.82, 2.24) is 20.2 Å². The first-order valence-electron chi connectivity index (χ1n) is 9.99. The van der Waals surface area contributed by atoms with Crippen LogP contribution in [0.2, 0.25) is 0 Å². The lowest BCUT2D eigenvalue weighted by molar-refractivity contribution is -0.139. The summed E-state index contributed by atoms with van der Waals surface area (Å²) in [5.41, 5.74) is 2.08. The molecule has 0 unspecified atom stereocenters. The number of allylic oxidation sites excluding steroid dienone is 2. The highest BCUT2D eigenvalue weighted by Crippen LogP contribution is 2.32. The van der Waals surface area contributed by atoms with E-state index in [0.717, 1.165) is 0 Å². The summed E-state index contributed by atoms with van der Waals surface area (Å²) >= 11 is 0. The maximum atomic E-state index is 13.6. The molecule has 0 amide bonds. The maximum Gasteiger partial charge on any atom is 0.305 e. The minimum absolute atomic E-state index is 0.190. The molecule has 0 fully saturated rings. The topological polar surface area (TPSA) is 121 Å². The summed E-state index contributed by atoms with van der Waals surface area (Å²) in [6, 6.07) is 11.3. The van der Waals surface area contributed by atoms with E-state index in [-0.39, 0.29) is 12.2 Å². The van der Waals surface area contributed by atoms with Crippen LogP contribution in [-0.4, -0.2) is 53.7 Å². The predicted molar refractivity (Wildman–Crippen MR) is 116 cm³/mol. The van der Waals surface area contributed by atoms with Crippen LogP contribution in [0.1, 0.15) is 29.8 Å². The number of aliphatic hydroxyl groups excluding tert-OH is 2. The molecule has 1 heterocycles. The Morgan fingerprint density at radius 3 is 2.03 bits per heavy atom. The van der Waals surface area contributed by atoms with Gasteiger partial charge in [0, 0.05) is 17.6 Å². The van der Waals surface area contributed by atoms with Crippen molar-refractivity contribution >= 4 is 17.1 Å². The highest BCUT2D eigenvalue weighted by Gasteiger charge is 2.18. The summed E-state index contributed by atoms with van der Waals surface area (Å²) in [6.07, 6.45) is -0.241. The highest BCUT2D eigenvalue weighted by atomic mass is 19.1. The average Bonchev–Trinajstić information content (AvgIpc) is 3.18. The first kappa shape index (κ1) is 23.9. The average molecular weight is 456 g/mol. The number of hydrogen-bond acceptors (Lipinski definition) is 6. The summed E-state index contributed by atoms with van der Waals surface area (Å²) in [4.78, 5) is 12.0. The molecule has 1 aromatic heterocycles. The summed E-state index contributed by atoms with van der Waals surface area (Å²) in [5, 5.41) is 41.0. The standard InChI is InChI=1S/C23H22F2N4O4/c1-29-27-23(26-28-29)20(11-10-18(30)12-19(31)13-21(32)33)22(14-2-6-16(24)7-3-14)15-4-8-17(25)9-5-15/h2-11,18-19,30-31H,12-13H2,1H3,(H,32,33)/b11-10+/t18-,19-/m1/s1. The Labute approximate surface area is 188 Å². The van der Waals surface area contributed by atoms with Crippen molar-refractivity contribution in [3.8, 4) is 0 Å². The molecule has 33 heavy (non-hydrogen) atoms. The van der Waals surface area contributed by atoms with Crippen molar-refractivity contribution in [2.24, 2.45) is 7.05 Å². The molecule has 8 nitrogen and oxygen atoms in total. The van der Waals surface area contributed by atoms with Gasteiger partial charge in [0.2, 0.25) is 5.82 Å². The number of halogens is 2. The summed E-state index contributed by atoms with van der Waals surface area (Å²) in [5.74, 6) is -1.86. The van der Waals surface area contributed by atoms with Gasteiger partial charge in [-0.15, -0.1) is 10.2 Å². The van der Waals surface area contributed by atoms with Gasteiger partial charge in [0.05, 0.1) is 25.7 Å². The number of benzene rings is 2. The third-order valence-corrected chi connectivity index (χ3v) is 4.69. The van der Waals surface area contributed by atoms with Gasteiger partial charge in [-0.2, -0.15) is 4.80 Å². The van der Waals surface area contributed by atoms with E-state index in [9.17, 15) is 23.8 Å². The van der Waals surface area contributed by atoms with Gasteiger partial charge in [-0.1, -0.05) is 36.4 Å². The first-order chi connectivity index (χ1) is 15.7. The van der Waals surface area contributed by atoms with Crippen LogP contribution in [0.5, 0.6) is 0 Å². The zero-order chi connectivity index (χ0) is 24.0. The van der Waals surface area contributed by atoms with Crippen molar-refractivity contribution in [1.29, 1.82) is 0 Å². The second-order valence-corrected chi connectivity index (χ2v) is 7.32. The lowest BCUT2D eigenvalue weighted by atomic mass is 9.92. The first-order valence-corrected chi connectivity index (χ1v) is 9.99. The Balaban J connectivity index is 2.12. The zero-order valence-corrected chi connectivity index (χ0v) is 17.6. The number of aromatic nitrogens is 4. The van der Waals surface area contributed by atoms with Crippen LogP contribution in [0.15, 0.2) is 60.7 Å². The number of aliphatic hydroxyl groups is 2. The maximum absolute atomic E-state index is 13.6. The smallest absolute Gasteiger partial charge is 0.305 e. The van der Waals surface area contributed by atoms with Crippen LogP contribution in [0.3, 0.4) is 0 Å². The number of rotatable bonds is 9. The van der Waals surface area contributed by atoms with Gasteiger partial charge in [-0.05, 0) is 40.6 Å². The second kappa shape index (κ2) is 10.7. The van der Waals surface area contributed by atoms with Gasteiger partial charge in [0.25, 0.3) is 0 Å². The molecule has 0 saturated carbocycles. The van der Waals surface area contributed by atoms with Gasteiger partial charge < -0.3 is 15.3 Å². The fourth-order valence-electron chi connectivity index (χ4n) is 3.22. The van der Waals surface area contributed by atoms with Crippen LogP contribution >= 0.6 is 0 Å². The Morgan fingerprint density at radius 2 is 1.58 bits per heavy atom. The number of aliphatic carboxylic acids is 1. The van der Waals surface area contributed by atoms with Gasteiger partial charge in [-0.25, -0.2) is 8.78 Å². The lowest BCUT2D eigenvalue weighted by Gasteiger charge is -2.14. The molecular weight excluding hydrogens is 434 g/mol. The fraction of sp³-hybridized carbons (Fsp3) is 0.217. The number of tetrazole rings is 1. The molecule has 0 aliphatic rings. The third kappa shape index (κ3) is 6.61. The molecule has 2 atom stereocenters. The highest BCUT2D eigenvalue weighted by molar-refractivity contribution is 6.00. The van der Waals surface area contributed by atoms with Crippen molar-refractivity contribution in [3.63, 3.8) is 0 Å². The number of nitrogens with zero attached hydrogens (tertiary/aromatic N) is 4. The molecule has 3 aromatic rings. The molecule has 3 rings (SSSR count). The molecular formula is C23H22F2N4O4. The van der Waals surface area contributed by atoms with Crippen LogP contribution in [-0.2, 0) is 11.8 Å². The molecule has 0 aliphatic carbocycles. The van der Waals surface area contributed by atoms with E-state index >= 15 is 0 Å². The number of carboxylic acid groups (broad SMARTS) is 1. The van der Waals surface area contributed by atoms with E-state index in [0.29, 0.717) is 22.3 Å². The SMILES string of the molecule is Cn1nnc(C(/C=C/[C@@H](O)C[C@@H](O)CC(=O)O)=C(c2ccc(F)cc2)c2ccc(F)cc2)n1. The minimum atomic E-state index is -1.24. The van der Waals surface area contributed by atoms with Crippen LogP contribution in [0.25, 0.3) is 11.1 Å². The van der Waals surface area contributed by atoms with Gasteiger partial charge in [0.1, 0.15) is 11.6 Å². The Morgan fingerprint density at radius 1 is 1.03 bits per heavy atom. The molecule has 10 heteroatoms. The molecule has 0 radical (unpaired) electrons. The Bertz CT molecular complexity index is 1110. The van der Waals surface area contributed by atoms with E-state index in [2.05, 4.69) is 15.4 Å². The van der Waals surface area contributed by atoms with Crippen LogP contribution in [0, 0.1) is 11.6 Å². The lowest BCUT2D eigenvalue weighted by Crippen LogP contribution is -2.19. The number of carboxylic acids is 1. The van der Waals surface area contributed by atoms with Gasteiger partial charge in [0.15, 0.2) is 0 Å². The molecule has 3 N–H and O–H groups in total. The summed E-state index contributed by atoms with van der Waals surface area (Å²) in [7, 11) is 1.57. The Hall–Kier alpha value is -3.76. The molecule has 0 bridgehead atoms. The van der Waals surface area contributed by atoms with E-state index in [1.807, 2.05) is 0 Å². The minimum Gasteiger partial charge on any atom is -0.481 e. The number of aryl methyl sites for hydroxylation is 1. The van der Waals surface area contributed by atoms with E-state index in [1.165, 1.54) is 41.2 Å². The van der Waals surface area contributed by atoms with Crippen LogP contribution in [0.4, 0.5) is 8.78 Å². The third-order valence-electron chi connectivity index (χ3n) is 4.69. The van der Waals surface area contributed by atoms with Crippen LogP contribution < -0.4 is 0 Å². The zero-order valence-electron chi connectivity index (χ0n) is 17.6. The molecule has 0 spiro atoms. The summed E-state index contributed by atoms with van der Waals surface area (Å²) in [6.45, 7) is 0. The second-order valence-electron chi connectivity index (χ2n) is 7.32.